The second-order valence-corrected chi connectivity index (χ2v) is 5.66. The monoisotopic (exact) mass is 356 g/mol. The molecule has 0 bridgehead atoms. The number of benzene rings is 1. The minimum Gasteiger partial charge on any atom is -0.488 e. The van der Waals surface area contributed by atoms with Crippen LogP contribution in [-0.2, 0) is 6.54 Å². The Morgan fingerprint density at radius 3 is 2.77 bits per heavy atom. The van der Waals surface area contributed by atoms with Gasteiger partial charge in [0, 0.05) is 36.3 Å². The van der Waals surface area contributed by atoms with E-state index in [9.17, 15) is 8.78 Å². The topological polar surface area (TPSA) is 59.9 Å². The van der Waals surface area contributed by atoms with Crippen LogP contribution in [0.25, 0.3) is 11.4 Å². The number of halogens is 2. The van der Waals surface area contributed by atoms with Crippen LogP contribution in [0, 0.1) is 6.92 Å². The molecule has 0 radical (unpaired) electrons. The highest BCUT2D eigenvalue weighted by atomic mass is 19.3. The number of aryl methyl sites for hydroxylation is 1. The molecule has 0 spiro atoms. The molecule has 1 N–H and O–H groups in total. The molecule has 2 aromatic heterocycles. The van der Waals surface area contributed by atoms with Crippen molar-refractivity contribution in [3.8, 4) is 17.1 Å². The fourth-order valence-corrected chi connectivity index (χ4v) is 2.38. The molecule has 0 unspecified atom stereocenters. The van der Waals surface area contributed by atoms with E-state index < -0.39 is 13.0 Å². The smallest absolute Gasteiger partial charge is 0.272 e. The van der Waals surface area contributed by atoms with Gasteiger partial charge in [-0.3, -0.25) is 4.98 Å². The van der Waals surface area contributed by atoms with Gasteiger partial charge in [0.05, 0.1) is 0 Å². The summed E-state index contributed by atoms with van der Waals surface area (Å²) in [6.07, 6.45) is 0.913. The van der Waals surface area contributed by atoms with Crippen molar-refractivity contribution >= 4 is 5.82 Å². The third kappa shape index (κ3) is 4.95. The standard InChI is InChI=1S/C19H18F2N4O/c1-13-8-18(25-19(24-13)15-5-3-7-22-11-15)23-10-14-4-2-6-16(9-14)26-12-17(20)21/h2-9,11,17H,10,12H2,1H3,(H,23,24,25). The van der Waals surface area contributed by atoms with Gasteiger partial charge in [-0.25, -0.2) is 18.7 Å². The lowest BCUT2D eigenvalue weighted by Crippen LogP contribution is -2.08. The van der Waals surface area contributed by atoms with Crippen LogP contribution in [0.1, 0.15) is 11.3 Å². The zero-order valence-electron chi connectivity index (χ0n) is 14.2. The Labute approximate surface area is 150 Å². The van der Waals surface area contributed by atoms with Crippen molar-refractivity contribution in [3.63, 3.8) is 0 Å². The lowest BCUT2D eigenvalue weighted by Gasteiger charge is -2.10. The fourth-order valence-electron chi connectivity index (χ4n) is 2.38. The van der Waals surface area contributed by atoms with Crippen molar-refractivity contribution in [3.05, 3.63) is 66.1 Å². The Kier molecular flexibility index (Phi) is 5.68. The number of nitrogens with zero attached hydrogens (tertiary/aromatic N) is 3. The first-order valence-corrected chi connectivity index (χ1v) is 8.10. The van der Waals surface area contributed by atoms with E-state index in [-0.39, 0.29) is 0 Å². The molecule has 3 aromatic rings. The van der Waals surface area contributed by atoms with E-state index in [2.05, 4.69) is 20.3 Å². The van der Waals surface area contributed by atoms with E-state index in [0.29, 0.717) is 23.9 Å². The summed E-state index contributed by atoms with van der Waals surface area (Å²) in [4.78, 5) is 13.0. The molecule has 1 aromatic carbocycles. The van der Waals surface area contributed by atoms with E-state index in [1.807, 2.05) is 31.2 Å². The fraction of sp³-hybridized carbons (Fsp3) is 0.211. The largest absolute Gasteiger partial charge is 0.488 e. The zero-order chi connectivity index (χ0) is 18.4. The van der Waals surface area contributed by atoms with E-state index in [0.717, 1.165) is 16.8 Å². The minimum absolute atomic E-state index is 0.416. The predicted molar refractivity (Wildman–Crippen MR) is 95.3 cm³/mol. The Bertz CT molecular complexity index is 859. The highest BCUT2D eigenvalue weighted by molar-refractivity contribution is 5.56. The summed E-state index contributed by atoms with van der Waals surface area (Å²) in [6, 6.07) is 12.6. The van der Waals surface area contributed by atoms with Crippen LogP contribution in [0.5, 0.6) is 5.75 Å². The zero-order valence-corrected chi connectivity index (χ0v) is 14.2. The lowest BCUT2D eigenvalue weighted by molar-refractivity contribution is 0.0818. The van der Waals surface area contributed by atoms with Gasteiger partial charge < -0.3 is 10.1 Å². The number of pyridine rings is 1. The first-order valence-electron chi connectivity index (χ1n) is 8.10. The predicted octanol–water partition coefficient (Wildman–Crippen LogP) is 4.10. The van der Waals surface area contributed by atoms with Crippen molar-refractivity contribution < 1.29 is 13.5 Å². The summed E-state index contributed by atoms with van der Waals surface area (Å²) in [5.41, 5.74) is 2.56. The van der Waals surface area contributed by atoms with Crippen molar-refractivity contribution in [2.75, 3.05) is 11.9 Å². The van der Waals surface area contributed by atoms with Crippen LogP contribution in [0.3, 0.4) is 0 Å². The summed E-state index contributed by atoms with van der Waals surface area (Å²) in [7, 11) is 0. The van der Waals surface area contributed by atoms with E-state index >= 15 is 0 Å². The molecule has 0 amide bonds. The lowest BCUT2D eigenvalue weighted by atomic mass is 10.2. The van der Waals surface area contributed by atoms with Crippen molar-refractivity contribution in [1.29, 1.82) is 0 Å². The molecule has 0 saturated carbocycles. The third-order valence-electron chi connectivity index (χ3n) is 3.52. The van der Waals surface area contributed by atoms with Crippen molar-refractivity contribution in [1.82, 2.24) is 15.0 Å². The molecule has 0 saturated heterocycles. The molecular formula is C19H18F2N4O. The number of rotatable bonds is 7. The Morgan fingerprint density at radius 2 is 2.00 bits per heavy atom. The van der Waals surface area contributed by atoms with Crippen LogP contribution in [0.15, 0.2) is 54.9 Å². The number of anilines is 1. The Hall–Kier alpha value is -3.09. The van der Waals surface area contributed by atoms with Crippen molar-refractivity contribution in [2.45, 2.75) is 19.9 Å². The number of alkyl halides is 2. The maximum Gasteiger partial charge on any atom is 0.272 e. The molecule has 0 atom stereocenters. The first-order chi connectivity index (χ1) is 12.6. The summed E-state index contributed by atoms with van der Waals surface area (Å²) in [6.45, 7) is 1.76. The quantitative estimate of drug-likeness (QED) is 0.690. The number of aromatic nitrogens is 3. The highest BCUT2D eigenvalue weighted by Crippen LogP contribution is 2.18. The molecule has 5 nitrogen and oxygen atoms in total. The average molecular weight is 356 g/mol. The normalized spacial score (nSPS) is 10.8. The van der Waals surface area contributed by atoms with Crippen LogP contribution in [0.4, 0.5) is 14.6 Å². The minimum atomic E-state index is -2.49. The molecule has 7 heteroatoms. The molecule has 0 aliphatic heterocycles. The van der Waals surface area contributed by atoms with Gasteiger partial charge in [0.15, 0.2) is 5.82 Å². The van der Waals surface area contributed by atoms with Crippen LogP contribution in [0.2, 0.25) is 0 Å². The molecule has 2 heterocycles. The van der Waals surface area contributed by atoms with Gasteiger partial charge >= 0.3 is 0 Å². The first kappa shape index (κ1) is 17.7. The third-order valence-corrected chi connectivity index (χ3v) is 3.52. The summed E-state index contributed by atoms with van der Waals surface area (Å²) in [5.74, 6) is 1.68. The second-order valence-electron chi connectivity index (χ2n) is 5.66. The second kappa shape index (κ2) is 8.33. The molecule has 26 heavy (non-hydrogen) atoms. The molecule has 134 valence electrons. The van der Waals surface area contributed by atoms with Gasteiger partial charge in [0.25, 0.3) is 6.43 Å². The van der Waals surface area contributed by atoms with Gasteiger partial charge in [-0.05, 0) is 36.8 Å². The Morgan fingerprint density at radius 1 is 1.12 bits per heavy atom. The maximum absolute atomic E-state index is 12.3. The van der Waals surface area contributed by atoms with Gasteiger partial charge in [0.2, 0.25) is 0 Å². The summed E-state index contributed by atoms with van der Waals surface area (Å²) < 4.78 is 29.5. The Balaban J connectivity index is 1.70. The number of hydrogen-bond donors (Lipinski definition) is 1. The van der Waals surface area contributed by atoms with E-state index in [1.165, 1.54) is 0 Å². The van der Waals surface area contributed by atoms with E-state index in [4.69, 9.17) is 4.74 Å². The van der Waals surface area contributed by atoms with Crippen molar-refractivity contribution in [2.24, 2.45) is 0 Å². The highest BCUT2D eigenvalue weighted by Gasteiger charge is 2.06. The molecule has 3 rings (SSSR count). The van der Waals surface area contributed by atoms with E-state index in [1.54, 1.807) is 30.6 Å². The average Bonchev–Trinajstić information content (AvgIpc) is 2.65. The molecule has 0 aliphatic rings. The number of ether oxygens (including phenoxy) is 1. The molecule has 0 aliphatic carbocycles. The van der Waals surface area contributed by atoms with Gasteiger partial charge in [-0.15, -0.1) is 0 Å². The summed E-state index contributed by atoms with van der Waals surface area (Å²) >= 11 is 0. The maximum atomic E-state index is 12.3. The number of hydrogen-bond acceptors (Lipinski definition) is 5. The van der Waals surface area contributed by atoms with Gasteiger partial charge in [-0.2, -0.15) is 0 Å². The van der Waals surface area contributed by atoms with Gasteiger partial charge in [0.1, 0.15) is 18.2 Å². The van der Waals surface area contributed by atoms with Gasteiger partial charge in [-0.1, -0.05) is 12.1 Å². The molecule has 0 fully saturated rings. The SMILES string of the molecule is Cc1cc(NCc2cccc(OCC(F)F)c2)nc(-c2cccnc2)n1. The summed E-state index contributed by atoms with van der Waals surface area (Å²) in [5, 5.41) is 3.23. The van der Waals surface area contributed by atoms with Crippen LogP contribution in [-0.4, -0.2) is 28.0 Å². The number of nitrogens with one attached hydrogen (secondary N) is 1. The van der Waals surface area contributed by atoms with Crippen LogP contribution < -0.4 is 10.1 Å². The molecular weight excluding hydrogens is 338 g/mol. The van der Waals surface area contributed by atoms with Crippen LogP contribution >= 0.6 is 0 Å².